The standard InChI is InChI=1S/C18H20ClNO3/c1-22-15-8-10-16(11-9-15)23-12-4-7-18(21)20-13-14-5-2-3-6-17(14)19/h2-3,5-6,8-11H,4,7,12-13H2,1H3,(H,20,21). The van der Waals surface area contributed by atoms with Gasteiger partial charge in [-0.15, -0.1) is 0 Å². The summed E-state index contributed by atoms with van der Waals surface area (Å²) in [5.74, 6) is 1.54. The molecule has 2 aromatic rings. The molecule has 5 heteroatoms. The first-order valence-corrected chi connectivity index (χ1v) is 7.84. The van der Waals surface area contributed by atoms with E-state index in [-0.39, 0.29) is 5.91 Å². The Balaban J connectivity index is 1.63. The number of carbonyl (C=O) groups is 1. The molecule has 0 saturated carbocycles. The second-order valence-corrected chi connectivity index (χ2v) is 5.40. The number of rotatable bonds is 8. The van der Waals surface area contributed by atoms with Crippen molar-refractivity contribution >= 4 is 17.5 Å². The number of hydrogen-bond donors (Lipinski definition) is 1. The van der Waals surface area contributed by atoms with Gasteiger partial charge in [0.15, 0.2) is 0 Å². The lowest BCUT2D eigenvalue weighted by Gasteiger charge is -2.08. The van der Waals surface area contributed by atoms with Crippen LogP contribution in [0.5, 0.6) is 11.5 Å². The molecule has 1 amide bonds. The van der Waals surface area contributed by atoms with Crippen molar-refractivity contribution in [3.05, 3.63) is 59.1 Å². The van der Waals surface area contributed by atoms with E-state index in [0.717, 1.165) is 17.1 Å². The molecule has 0 aliphatic heterocycles. The highest BCUT2D eigenvalue weighted by Gasteiger charge is 2.04. The van der Waals surface area contributed by atoms with Gasteiger partial charge in [0.25, 0.3) is 0 Å². The number of carbonyl (C=O) groups excluding carboxylic acids is 1. The van der Waals surface area contributed by atoms with Gasteiger partial charge in [-0.2, -0.15) is 0 Å². The minimum Gasteiger partial charge on any atom is -0.497 e. The van der Waals surface area contributed by atoms with E-state index in [4.69, 9.17) is 21.1 Å². The van der Waals surface area contributed by atoms with E-state index >= 15 is 0 Å². The Morgan fingerprint density at radius 2 is 1.78 bits per heavy atom. The molecule has 0 radical (unpaired) electrons. The van der Waals surface area contributed by atoms with Crippen molar-refractivity contribution in [1.29, 1.82) is 0 Å². The Morgan fingerprint density at radius 3 is 2.48 bits per heavy atom. The Labute approximate surface area is 141 Å². The maximum absolute atomic E-state index is 11.8. The summed E-state index contributed by atoms with van der Waals surface area (Å²) >= 11 is 6.04. The van der Waals surface area contributed by atoms with Gasteiger partial charge in [0.1, 0.15) is 11.5 Å². The summed E-state index contributed by atoms with van der Waals surface area (Å²) in [5, 5.41) is 3.52. The van der Waals surface area contributed by atoms with Crippen LogP contribution in [-0.2, 0) is 11.3 Å². The molecule has 0 aromatic heterocycles. The fourth-order valence-corrected chi connectivity index (χ4v) is 2.22. The maximum Gasteiger partial charge on any atom is 0.220 e. The van der Waals surface area contributed by atoms with E-state index in [1.807, 2.05) is 48.5 Å². The lowest BCUT2D eigenvalue weighted by Crippen LogP contribution is -2.23. The first-order chi connectivity index (χ1) is 11.2. The second kappa shape index (κ2) is 9.06. The van der Waals surface area contributed by atoms with Crippen LogP contribution in [0.4, 0.5) is 0 Å². The third-order valence-corrected chi connectivity index (χ3v) is 3.68. The molecule has 0 saturated heterocycles. The molecule has 2 rings (SSSR count). The smallest absolute Gasteiger partial charge is 0.220 e. The average Bonchev–Trinajstić information content (AvgIpc) is 2.58. The van der Waals surface area contributed by atoms with Crippen molar-refractivity contribution in [3.63, 3.8) is 0 Å². The van der Waals surface area contributed by atoms with E-state index < -0.39 is 0 Å². The van der Waals surface area contributed by atoms with Gasteiger partial charge in [-0.05, 0) is 42.3 Å². The maximum atomic E-state index is 11.8. The largest absolute Gasteiger partial charge is 0.497 e. The molecule has 0 aliphatic carbocycles. The number of methoxy groups -OCH3 is 1. The fraction of sp³-hybridized carbons (Fsp3) is 0.278. The monoisotopic (exact) mass is 333 g/mol. The van der Waals surface area contributed by atoms with Crippen LogP contribution in [0.1, 0.15) is 18.4 Å². The summed E-state index contributed by atoms with van der Waals surface area (Å²) in [6.45, 7) is 0.934. The van der Waals surface area contributed by atoms with E-state index in [0.29, 0.717) is 31.0 Å². The predicted molar refractivity (Wildman–Crippen MR) is 91.0 cm³/mol. The third-order valence-electron chi connectivity index (χ3n) is 3.31. The minimum absolute atomic E-state index is 0.0109. The fourth-order valence-electron chi connectivity index (χ4n) is 2.02. The quantitative estimate of drug-likeness (QED) is 0.747. The van der Waals surface area contributed by atoms with Crippen molar-refractivity contribution in [1.82, 2.24) is 5.32 Å². The van der Waals surface area contributed by atoms with Gasteiger partial charge in [0, 0.05) is 18.0 Å². The lowest BCUT2D eigenvalue weighted by molar-refractivity contribution is -0.121. The summed E-state index contributed by atoms with van der Waals surface area (Å²) in [6.07, 6.45) is 1.07. The molecule has 122 valence electrons. The van der Waals surface area contributed by atoms with Gasteiger partial charge >= 0.3 is 0 Å². The molecule has 0 spiro atoms. The SMILES string of the molecule is COc1ccc(OCCCC(=O)NCc2ccccc2Cl)cc1. The van der Waals surface area contributed by atoms with E-state index in [2.05, 4.69) is 5.32 Å². The van der Waals surface area contributed by atoms with Crippen molar-refractivity contribution in [3.8, 4) is 11.5 Å². The summed E-state index contributed by atoms with van der Waals surface area (Å²) in [6, 6.07) is 14.8. The van der Waals surface area contributed by atoms with Crippen molar-refractivity contribution < 1.29 is 14.3 Å². The van der Waals surface area contributed by atoms with Crippen LogP contribution in [0.25, 0.3) is 0 Å². The van der Waals surface area contributed by atoms with Crippen LogP contribution in [0, 0.1) is 0 Å². The summed E-state index contributed by atoms with van der Waals surface area (Å²) < 4.78 is 10.7. The molecule has 0 fully saturated rings. The van der Waals surface area contributed by atoms with Crippen LogP contribution in [-0.4, -0.2) is 19.6 Å². The first-order valence-electron chi connectivity index (χ1n) is 7.46. The van der Waals surface area contributed by atoms with Gasteiger partial charge in [-0.25, -0.2) is 0 Å². The topological polar surface area (TPSA) is 47.6 Å². The molecule has 23 heavy (non-hydrogen) atoms. The number of halogens is 1. The lowest BCUT2D eigenvalue weighted by atomic mass is 10.2. The van der Waals surface area contributed by atoms with Crippen LogP contribution < -0.4 is 14.8 Å². The number of ether oxygens (including phenoxy) is 2. The Hall–Kier alpha value is -2.20. The Bertz CT molecular complexity index is 628. The Kier molecular flexibility index (Phi) is 6.76. The zero-order valence-corrected chi connectivity index (χ0v) is 13.8. The van der Waals surface area contributed by atoms with Crippen LogP contribution >= 0.6 is 11.6 Å². The van der Waals surface area contributed by atoms with E-state index in [1.54, 1.807) is 7.11 Å². The van der Waals surface area contributed by atoms with Gasteiger partial charge in [-0.1, -0.05) is 29.8 Å². The Morgan fingerprint density at radius 1 is 1.09 bits per heavy atom. The highest BCUT2D eigenvalue weighted by molar-refractivity contribution is 6.31. The van der Waals surface area contributed by atoms with Crippen LogP contribution in [0.3, 0.4) is 0 Å². The van der Waals surface area contributed by atoms with Crippen molar-refractivity contribution in [2.45, 2.75) is 19.4 Å². The zero-order valence-electron chi connectivity index (χ0n) is 13.0. The van der Waals surface area contributed by atoms with Gasteiger partial charge in [0.2, 0.25) is 5.91 Å². The highest BCUT2D eigenvalue weighted by atomic mass is 35.5. The molecule has 0 aliphatic rings. The predicted octanol–water partition coefficient (Wildman–Crippen LogP) is 3.82. The molecule has 0 heterocycles. The third kappa shape index (κ3) is 5.83. The first kappa shape index (κ1) is 17.2. The molecule has 0 bridgehead atoms. The normalized spacial score (nSPS) is 10.2. The number of benzene rings is 2. The van der Waals surface area contributed by atoms with E-state index in [9.17, 15) is 4.79 Å². The summed E-state index contributed by atoms with van der Waals surface area (Å²) in [4.78, 5) is 11.8. The number of nitrogens with one attached hydrogen (secondary N) is 1. The molecular weight excluding hydrogens is 314 g/mol. The summed E-state index contributed by atoms with van der Waals surface area (Å²) in [7, 11) is 1.62. The molecule has 0 atom stereocenters. The van der Waals surface area contributed by atoms with Crippen LogP contribution in [0.2, 0.25) is 5.02 Å². The van der Waals surface area contributed by atoms with Crippen molar-refractivity contribution in [2.75, 3.05) is 13.7 Å². The van der Waals surface area contributed by atoms with Gasteiger partial charge < -0.3 is 14.8 Å². The van der Waals surface area contributed by atoms with Crippen molar-refractivity contribution in [2.24, 2.45) is 0 Å². The number of hydrogen-bond acceptors (Lipinski definition) is 3. The van der Waals surface area contributed by atoms with Gasteiger partial charge in [-0.3, -0.25) is 4.79 Å². The van der Waals surface area contributed by atoms with E-state index in [1.165, 1.54) is 0 Å². The molecule has 4 nitrogen and oxygen atoms in total. The molecule has 1 N–H and O–H groups in total. The number of amides is 1. The highest BCUT2D eigenvalue weighted by Crippen LogP contribution is 2.17. The minimum atomic E-state index is -0.0109. The molecule has 0 unspecified atom stereocenters. The summed E-state index contributed by atoms with van der Waals surface area (Å²) in [5.41, 5.74) is 0.914. The average molecular weight is 334 g/mol. The molecular formula is C18H20ClNO3. The molecule has 2 aromatic carbocycles. The van der Waals surface area contributed by atoms with Gasteiger partial charge in [0.05, 0.1) is 13.7 Å². The second-order valence-electron chi connectivity index (χ2n) is 5.00. The van der Waals surface area contributed by atoms with Crippen LogP contribution in [0.15, 0.2) is 48.5 Å². The zero-order chi connectivity index (χ0) is 16.5.